The van der Waals surface area contributed by atoms with Crippen LogP contribution in [0, 0.1) is 5.82 Å². The van der Waals surface area contributed by atoms with Crippen molar-refractivity contribution in [2.75, 3.05) is 13.2 Å². The Labute approximate surface area is 178 Å². The van der Waals surface area contributed by atoms with Gasteiger partial charge in [0.05, 0.1) is 28.6 Å². The summed E-state index contributed by atoms with van der Waals surface area (Å²) < 4.78 is 54.4. The van der Waals surface area contributed by atoms with Crippen LogP contribution in [0.5, 0.6) is 0 Å². The normalized spacial score (nSPS) is 14.1. The number of benzene rings is 2. The molecule has 2 aromatic carbocycles. The number of alkyl halides is 3. The molecular weight excluding hydrogens is 440 g/mol. The van der Waals surface area contributed by atoms with Gasteiger partial charge in [-0.15, -0.1) is 0 Å². The number of carbonyl (C=O) groups excluding carboxylic acids is 2. The van der Waals surface area contributed by atoms with E-state index in [0.29, 0.717) is 0 Å². The van der Waals surface area contributed by atoms with E-state index >= 15 is 0 Å². The second-order valence-corrected chi connectivity index (χ2v) is 7.17. The SMILES string of the molecule is O=C1CN(C(=O)c2cc(-c3cccc(C(F)(F)F)c3)n(-c3ccc(F)c(Cl)c3)n2)CN1. The predicted octanol–water partition coefficient (Wildman–Crippen LogP) is 3.88. The zero-order chi connectivity index (χ0) is 22.3. The molecule has 0 saturated carbocycles. The van der Waals surface area contributed by atoms with E-state index in [-0.39, 0.29) is 46.8 Å². The maximum Gasteiger partial charge on any atom is 0.416 e. The fourth-order valence-corrected chi connectivity index (χ4v) is 3.31. The third kappa shape index (κ3) is 4.11. The Hall–Kier alpha value is -3.40. The van der Waals surface area contributed by atoms with E-state index in [1.165, 1.54) is 39.9 Å². The lowest BCUT2D eigenvalue weighted by Crippen LogP contribution is -2.30. The zero-order valence-corrected chi connectivity index (χ0v) is 16.3. The minimum absolute atomic E-state index is 0.00814. The Balaban J connectivity index is 1.84. The van der Waals surface area contributed by atoms with Gasteiger partial charge in [-0.3, -0.25) is 9.59 Å². The van der Waals surface area contributed by atoms with Gasteiger partial charge in [0, 0.05) is 5.56 Å². The lowest BCUT2D eigenvalue weighted by molar-refractivity contribution is -0.137. The molecule has 2 heterocycles. The van der Waals surface area contributed by atoms with Crippen LogP contribution in [-0.4, -0.2) is 39.7 Å². The van der Waals surface area contributed by atoms with Crippen molar-refractivity contribution in [1.82, 2.24) is 20.0 Å². The molecule has 31 heavy (non-hydrogen) atoms. The first-order valence-corrected chi connectivity index (χ1v) is 9.30. The van der Waals surface area contributed by atoms with Crippen molar-refractivity contribution in [2.45, 2.75) is 6.18 Å². The first-order valence-electron chi connectivity index (χ1n) is 8.92. The van der Waals surface area contributed by atoms with Crippen LogP contribution < -0.4 is 5.32 Å². The van der Waals surface area contributed by atoms with Crippen molar-refractivity contribution in [3.8, 4) is 16.9 Å². The quantitative estimate of drug-likeness (QED) is 0.613. The summed E-state index contributed by atoms with van der Waals surface area (Å²) in [5.41, 5.74) is -0.428. The van der Waals surface area contributed by atoms with Gasteiger partial charge in [-0.1, -0.05) is 23.7 Å². The molecule has 4 rings (SSSR count). The molecule has 1 aliphatic rings. The number of rotatable bonds is 3. The molecule has 0 spiro atoms. The molecule has 1 aromatic heterocycles. The van der Waals surface area contributed by atoms with Crippen molar-refractivity contribution in [1.29, 1.82) is 0 Å². The van der Waals surface area contributed by atoms with Crippen LogP contribution in [0.4, 0.5) is 17.6 Å². The minimum atomic E-state index is -4.57. The molecule has 1 aliphatic heterocycles. The van der Waals surface area contributed by atoms with Crippen LogP contribution in [0.2, 0.25) is 5.02 Å². The number of nitrogens with zero attached hydrogens (tertiary/aromatic N) is 3. The lowest BCUT2D eigenvalue weighted by Gasteiger charge is -2.11. The number of hydrogen-bond acceptors (Lipinski definition) is 3. The van der Waals surface area contributed by atoms with Gasteiger partial charge in [0.1, 0.15) is 12.4 Å². The summed E-state index contributed by atoms with van der Waals surface area (Å²) in [6, 6.07) is 9.50. The highest BCUT2D eigenvalue weighted by atomic mass is 35.5. The highest BCUT2D eigenvalue weighted by Gasteiger charge is 2.31. The van der Waals surface area contributed by atoms with Gasteiger partial charge in [-0.05, 0) is 36.4 Å². The van der Waals surface area contributed by atoms with E-state index in [4.69, 9.17) is 11.6 Å². The van der Waals surface area contributed by atoms with E-state index in [9.17, 15) is 27.2 Å². The first-order chi connectivity index (χ1) is 14.6. The number of carbonyl (C=O) groups is 2. The molecule has 0 radical (unpaired) electrons. The average Bonchev–Trinajstić information content (AvgIpc) is 3.36. The highest BCUT2D eigenvalue weighted by molar-refractivity contribution is 6.30. The fourth-order valence-electron chi connectivity index (χ4n) is 3.13. The molecule has 160 valence electrons. The van der Waals surface area contributed by atoms with Gasteiger partial charge in [-0.25, -0.2) is 9.07 Å². The lowest BCUT2D eigenvalue weighted by atomic mass is 10.1. The molecule has 1 saturated heterocycles. The third-order valence-electron chi connectivity index (χ3n) is 4.65. The van der Waals surface area contributed by atoms with Crippen LogP contribution >= 0.6 is 11.6 Å². The Kier molecular flexibility index (Phi) is 5.18. The second-order valence-electron chi connectivity index (χ2n) is 6.76. The Morgan fingerprint density at radius 3 is 2.55 bits per heavy atom. The van der Waals surface area contributed by atoms with Gasteiger partial charge in [0.2, 0.25) is 5.91 Å². The molecule has 1 fully saturated rings. The van der Waals surface area contributed by atoms with Crippen LogP contribution in [-0.2, 0) is 11.0 Å². The predicted molar refractivity (Wildman–Crippen MR) is 103 cm³/mol. The summed E-state index contributed by atoms with van der Waals surface area (Å²) in [6.45, 7) is -0.168. The van der Waals surface area contributed by atoms with Crippen molar-refractivity contribution in [3.05, 3.63) is 70.6 Å². The third-order valence-corrected chi connectivity index (χ3v) is 4.94. The van der Waals surface area contributed by atoms with Crippen LogP contribution in [0.25, 0.3) is 16.9 Å². The van der Waals surface area contributed by atoms with Crippen molar-refractivity contribution in [2.24, 2.45) is 0 Å². The standard InChI is InChI=1S/C20H13ClF4N4O2/c21-14-7-13(4-5-15(14)22)29-17(11-2-1-3-12(6-11)20(23,24)25)8-16(27-29)19(31)28-9-18(30)26-10-28/h1-8H,9-10H2,(H,26,30). The molecule has 0 aliphatic carbocycles. The topological polar surface area (TPSA) is 67.2 Å². The maximum atomic E-state index is 13.6. The molecule has 11 heteroatoms. The summed E-state index contributed by atoms with van der Waals surface area (Å²) in [7, 11) is 0. The van der Waals surface area contributed by atoms with Gasteiger partial charge in [0.15, 0.2) is 5.69 Å². The summed E-state index contributed by atoms with van der Waals surface area (Å²) in [6.07, 6.45) is -4.57. The zero-order valence-electron chi connectivity index (χ0n) is 15.6. The smallest absolute Gasteiger partial charge is 0.337 e. The van der Waals surface area contributed by atoms with Gasteiger partial charge in [-0.2, -0.15) is 18.3 Å². The minimum Gasteiger partial charge on any atom is -0.337 e. The summed E-state index contributed by atoms with van der Waals surface area (Å²) in [4.78, 5) is 25.4. The monoisotopic (exact) mass is 452 g/mol. The fraction of sp³-hybridized carbons (Fsp3) is 0.150. The summed E-state index contributed by atoms with van der Waals surface area (Å²) in [5, 5.41) is 6.49. The second kappa shape index (κ2) is 7.69. The van der Waals surface area contributed by atoms with E-state index in [1.807, 2.05) is 0 Å². The van der Waals surface area contributed by atoms with E-state index in [2.05, 4.69) is 10.4 Å². The molecular formula is C20H13ClF4N4O2. The molecule has 0 atom stereocenters. The number of halogens is 5. The maximum absolute atomic E-state index is 13.6. The summed E-state index contributed by atoms with van der Waals surface area (Å²) >= 11 is 5.85. The average molecular weight is 453 g/mol. The molecule has 0 unspecified atom stereocenters. The molecule has 1 N–H and O–H groups in total. The Morgan fingerprint density at radius 1 is 1.13 bits per heavy atom. The van der Waals surface area contributed by atoms with Crippen LogP contribution in [0.15, 0.2) is 48.5 Å². The van der Waals surface area contributed by atoms with Crippen molar-refractivity contribution in [3.63, 3.8) is 0 Å². The largest absolute Gasteiger partial charge is 0.416 e. The number of nitrogens with one attached hydrogen (secondary N) is 1. The Morgan fingerprint density at radius 2 is 1.90 bits per heavy atom. The molecule has 0 bridgehead atoms. The number of hydrogen-bond donors (Lipinski definition) is 1. The van der Waals surface area contributed by atoms with Gasteiger partial charge >= 0.3 is 6.18 Å². The number of amides is 2. The van der Waals surface area contributed by atoms with E-state index in [1.54, 1.807) is 0 Å². The highest BCUT2D eigenvalue weighted by Crippen LogP contribution is 2.33. The van der Waals surface area contributed by atoms with Crippen LogP contribution in [0.3, 0.4) is 0 Å². The first kappa shape index (κ1) is 20.9. The van der Waals surface area contributed by atoms with E-state index in [0.717, 1.165) is 18.2 Å². The van der Waals surface area contributed by atoms with Gasteiger partial charge in [0.25, 0.3) is 5.91 Å². The summed E-state index contributed by atoms with van der Waals surface area (Å²) in [5.74, 6) is -1.61. The molecule has 3 aromatic rings. The molecule has 2 amide bonds. The van der Waals surface area contributed by atoms with E-state index < -0.39 is 23.5 Å². The van der Waals surface area contributed by atoms with Gasteiger partial charge < -0.3 is 10.2 Å². The number of aromatic nitrogens is 2. The van der Waals surface area contributed by atoms with Crippen molar-refractivity contribution >= 4 is 23.4 Å². The van der Waals surface area contributed by atoms with Crippen molar-refractivity contribution < 1.29 is 27.2 Å². The molecule has 6 nitrogen and oxygen atoms in total. The van der Waals surface area contributed by atoms with Crippen LogP contribution in [0.1, 0.15) is 16.1 Å². The Bertz CT molecular complexity index is 1190.